The number of aromatic nitrogens is 1. The van der Waals surface area contributed by atoms with E-state index >= 15 is 0 Å². The first kappa shape index (κ1) is 22.2. The lowest BCUT2D eigenvalue weighted by Crippen LogP contribution is -2.76. The lowest BCUT2D eigenvalue weighted by Gasteiger charge is -2.39. The second-order valence-corrected chi connectivity index (χ2v) is 13.9. The molecule has 0 aliphatic carbocycles. The molecular formula is C36H25NOSi. The molecular weight excluding hydrogens is 490 g/mol. The van der Waals surface area contributed by atoms with Gasteiger partial charge in [0.05, 0.1) is 11.0 Å². The first-order valence-corrected chi connectivity index (χ1v) is 15.4. The molecule has 1 aliphatic rings. The number of hydrogen-bond donors (Lipinski definition) is 0. The first-order chi connectivity index (χ1) is 19.4. The molecule has 0 bridgehead atoms. The van der Waals surface area contributed by atoms with Gasteiger partial charge in [0, 0.05) is 16.5 Å². The Kier molecular flexibility index (Phi) is 4.88. The molecule has 3 heteroatoms. The van der Waals surface area contributed by atoms with Gasteiger partial charge in [0.2, 0.25) is 0 Å². The number of rotatable bonds is 3. The second kappa shape index (κ2) is 8.59. The van der Waals surface area contributed by atoms with Gasteiger partial charge in [-0.1, -0.05) is 115 Å². The molecule has 2 heterocycles. The van der Waals surface area contributed by atoms with Crippen LogP contribution in [0.3, 0.4) is 0 Å². The number of para-hydroxylation sites is 3. The molecule has 39 heavy (non-hydrogen) atoms. The Morgan fingerprint density at radius 2 is 0.949 bits per heavy atom. The van der Waals surface area contributed by atoms with Crippen molar-refractivity contribution in [1.29, 1.82) is 0 Å². The third kappa shape index (κ3) is 3.14. The Hall–Kier alpha value is -4.86. The predicted molar refractivity (Wildman–Crippen MR) is 164 cm³/mol. The first-order valence-electron chi connectivity index (χ1n) is 13.4. The molecule has 184 valence electrons. The van der Waals surface area contributed by atoms with Crippen LogP contribution in [-0.4, -0.2) is 12.6 Å². The highest BCUT2D eigenvalue weighted by Gasteiger charge is 2.48. The summed E-state index contributed by atoms with van der Waals surface area (Å²) in [6, 6.07) is 54.9. The van der Waals surface area contributed by atoms with Gasteiger partial charge in [-0.3, -0.25) is 0 Å². The van der Waals surface area contributed by atoms with Crippen molar-refractivity contribution in [3.8, 4) is 17.2 Å². The molecule has 0 saturated heterocycles. The summed E-state index contributed by atoms with van der Waals surface area (Å²) >= 11 is 0. The Morgan fingerprint density at radius 1 is 0.436 bits per heavy atom. The van der Waals surface area contributed by atoms with Crippen molar-refractivity contribution < 1.29 is 4.74 Å². The summed E-state index contributed by atoms with van der Waals surface area (Å²) in [4.78, 5) is 0. The summed E-state index contributed by atoms with van der Waals surface area (Å²) in [5, 5.41) is 7.80. The summed E-state index contributed by atoms with van der Waals surface area (Å²) in [5.41, 5.74) is 3.57. The van der Waals surface area contributed by atoms with Crippen LogP contribution in [0.15, 0.2) is 152 Å². The number of fused-ring (bicyclic) bond motifs is 5. The largest absolute Gasteiger partial charge is 0.458 e. The summed E-state index contributed by atoms with van der Waals surface area (Å²) in [6.45, 7) is 0. The minimum Gasteiger partial charge on any atom is -0.458 e. The lowest BCUT2D eigenvalue weighted by molar-refractivity contribution is 0.487. The second-order valence-electron chi connectivity index (χ2n) is 10.1. The molecule has 0 spiro atoms. The van der Waals surface area contributed by atoms with Crippen molar-refractivity contribution >= 4 is 50.6 Å². The molecule has 0 saturated carbocycles. The van der Waals surface area contributed by atoms with Crippen molar-refractivity contribution in [1.82, 2.24) is 4.57 Å². The van der Waals surface area contributed by atoms with Crippen molar-refractivity contribution in [2.45, 2.75) is 0 Å². The zero-order chi connectivity index (χ0) is 25.8. The molecule has 0 fully saturated rings. The summed E-state index contributed by atoms with van der Waals surface area (Å²) in [5.74, 6) is 1.89. The van der Waals surface area contributed by atoms with E-state index in [1.165, 1.54) is 42.6 Å². The van der Waals surface area contributed by atoms with E-state index in [2.05, 4.69) is 156 Å². The van der Waals surface area contributed by atoms with E-state index < -0.39 is 8.07 Å². The fourth-order valence-corrected chi connectivity index (χ4v) is 11.5. The van der Waals surface area contributed by atoms with Crippen LogP contribution in [0.4, 0.5) is 0 Å². The van der Waals surface area contributed by atoms with E-state index in [0.29, 0.717) is 0 Å². The Labute approximate surface area is 228 Å². The van der Waals surface area contributed by atoms with E-state index in [-0.39, 0.29) is 0 Å². The predicted octanol–water partition coefficient (Wildman–Crippen LogP) is 6.27. The van der Waals surface area contributed by atoms with Gasteiger partial charge in [-0.2, -0.15) is 0 Å². The summed E-state index contributed by atoms with van der Waals surface area (Å²) in [7, 11) is -2.69. The van der Waals surface area contributed by atoms with Gasteiger partial charge in [0.1, 0.15) is 11.5 Å². The van der Waals surface area contributed by atoms with Gasteiger partial charge in [-0.05, 0) is 57.1 Å². The molecule has 0 atom stereocenters. The quantitative estimate of drug-likeness (QED) is 0.253. The van der Waals surface area contributed by atoms with E-state index in [1.54, 1.807) is 0 Å². The molecule has 1 aliphatic heterocycles. The van der Waals surface area contributed by atoms with Gasteiger partial charge < -0.3 is 9.30 Å². The molecule has 0 radical (unpaired) electrons. The minimum atomic E-state index is -2.69. The standard InChI is InChI=1S/C36H25NOSi/c1-3-13-27(14-4-1)39(28-15-5-2-6-16-28)35-22-12-11-21-33(35)38-34-24-23-26(25-36(34)39)37-31-19-9-7-17-29(31)30-18-8-10-20-32(30)37/h1-25H. The molecule has 8 rings (SSSR count). The topological polar surface area (TPSA) is 14.2 Å². The SMILES string of the molecule is c1ccc([Si]2(c3ccccc3)c3ccccc3Oc3ccc(-n4c5ccccc5c5ccccc54)cc32)cc1. The zero-order valence-corrected chi connectivity index (χ0v) is 22.3. The summed E-state index contributed by atoms with van der Waals surface area (Å²) in [6.07, 6.45) is 0. The maximum atomic E-state index is 6.65. The maximum Gasteiger partial charge on any atom is 0.188 e. The highest BCUT2D eigenvalue weighted by Crippen LogP contribution is 2.34. The van der Waals surface area contributed by atoms with Crippen molar-refractivity contribution in [2.75, 3.05) is 0 Å². The molecule has 1 aromatic heterocycles. The van der Waals surface area contributed by atoms with Crippen LogP contribution >= 0.6 is 0 Å². The van der Waals surface area contributed by atoms with Gasteiger partial charge in [0.25, 0.3) is 0 Å². The van der Waals surface area contributed by atoms with E-state index in [1.807, 2.05) is 0 Å². The fourth-order valence-electron chi connectivity index (χ4n) is 6.53. The monoisotopic (exact) mass is 515 g/mol. The molecule has 6 aromatic carbocycles. The maximum absolute atomic E-state index is 6.65. The number of ether oxygens (including phenoxy) is 1. The lowest BCUT2D eigenvalue weighted by atomic mass is 10.2. The third-order valence-corrected chi connectivity index (χ3v) is 12.9. The number of hydrogen-bond acceptors (Lipinski definition) is 1. The zero-order valence-electron chi connectivity index (χ0n) is 21.3. The third-order valence-electron chi connectivity index (χ3n) is 8.13. The molecule has 0 amide bonds. The van der Waals surface area contributed by atoms with Gasteiger partial charge in [-0.15, -0.1) is 0 Å². The molecule has 0 unspecified atom stereocenters. The Bertz CT molecular complexity index is 1900. The summed E-state index contributed by atoms with van der Waals surface area (Å²) < 4.78 is 9.05. The van der Waals surface area contributed by atoms with E-state index in [4.69, 9.17) is 4.74 Å². The van der Waals surface area contributed by atoms with Crippen LogP contribution in [0.2, 0.25) is 0 Å². The van der Waals surface area contributed by atoms with Crippen molar-refractivity contribution in [3.05, 3.63) is 152 Å². The van der Waals surface area contributed by atoms with Gasteiger partial charge in [-0.25, -0.2) is 0 Å². The highest BCUT2D eigenvalue weighted by atomic mass is 28.3. The van der Waals surface area contributed by atoms with Gasteiger partial charge in [0.15, 0.2) is 8.07 Å². The van der Waals surface area contributed by atoms with E-state index in [0.717, 1.165) is 17.2 Å². The van der Waals surface area contributed by atoms with Crippen LogP contribution in [0, 0.1) is 0 Å². The number of nitrogens with zero attached hydrogens (tertiary/aromatic N) is 1. The van der Waals surface area contributed by atoms with Crippen LogP contribution in [-0.2, 0) is 0 Å². The average Bonchev–Trinajstić information content (AvgIpc) is 3.35. The van der Waals surface area contributed by atoms with Crippen LogP contribution < -0.4 is 25.5 Å². The number of benzene rings is 6. The van der Waals surface area contributed by atoms with Crippen molar-refractivity contribution in [3.63, 3.8) is 0 Å². The van der Waals surface area contributed by atoms with Crippen LogP contribution in [0.1, 0.15) is 0 Å². The highest BCUT2D eigenvalue weighted by molar-refractivity contribution is 7.20. The molecule has 2 nitrogen and oxygen atoms in total. The minimum absolute atomic E-state index is 0.942. The smallest absolute Gasteiger partial charge is 0.188 e. The van der Waals surface area contributed by atoms with Crippen LogP contribution in [0.25, 0.3) is 27.5 Å². The van der Waals surface area contributed by atoms with Crippen LogP contribution in [0.5, 0.6) is 11.5 Å². The fraction of sp³-hybridized carbons (Fsp3) is 0. The van der Waals surface area contributed by atoms with E-state index in [9.17, 15) is 0 Å². The Balaban J connectivity index is 1.50. The normalized spacial score (nSPS) is 13.5. The molecule has 7 aromatic rings. The van der Waals surface area contributed by atoms with Gasteiger partial charge >= 0.3 is 0 Å². The Morgan fingerprint density at radius 3 is 1.59 bits per heavy atom. The molecule has 0 N–H and O–H groups in total. The average molecular weight is 516 g/mol. The van der Waals surface area contributed by atoms with Crippen molar-refractivity contribution in [2.24, 2.45) is 0 Å².